The minimum Gasteiger partial charge on any atom is -0.462 e. The Bertz CT molecular complexity index is 1690. The van der Waals surface area contributed by atoms with Crippen LogP contribution in [0.1, 0.15) is 22.1 Å². The minimum atomic E-state index is -0.576. The molecule has 0 aliphatic carbocycles. The van der Waals surface area contributed by atoms with Gasteiger partial charge in [-0.1, -0.05) is 12.1 Å². The Morgan fingerprint density at radius 1 is 1.08 bits per heavy atom. The Hall–Kier alpha value is -4.51. The fraction of sp³-hybridized carbons (Fsp3) is 0.240. The zero-order valence-corrected chi connectivity index (χ0v) is 19.6. The minimum absolute atomic E-state index is 0.199. The van der Waals surface area contributed by atoms with Crippen molar-refractivity contribution >= 4 is 33.5 Å². The van der Waals surface area contributed by atoms with Gasteiger partial charge in [0.05, 0.1) is 41.6 Å². The second-order valence-corrected chi connectivity index (χ2v) is 9.07. The smallest absolute Gasteiger partial charge is 0.273 e. The van der Waals surface area contributed by atoms with Crippen molar-refractivity contribution in [3.63, 3.8) is 0 Å². The fourth-order valence-corrected chi connectivity index (χ4v) is 5.17. The van der Waals surface area contributed by atoms with E-state index in [1.54, 1.807) is 32.7 Å². The molecule has 0 unspecified atom stereocenters. The lowest BCUT2D eigenvalue weighted by Crippen LogP contribution is -2.47. The molecule has 2 aliphatic heterocycles. The Kier molecular flexibility index (Phi) is 4.33. The van der Waals surface area contributed by atoms with Crippen molar-refractivity contribution in [3.8, 4) is 16.9 Å². The summed E-state index contributed by atoms with van der Waals surface area (Å²) in [4.78, 5) is 24.4. The number of aryl methyl sites for hydroxylation is 2. The van der Waals surface area contributed by atoms with E-state index < -0.39 is 6.29 Å². The van der Waals surface area contributed by atoms with Crippen LogP contribution >= 0.6 is 0 Å². The van der Waals surface area contributed by atoms with Gasteiger partial charge in [-0.3, -0.25) is 14.2 Å². The van der Waals surface area contributed by atoms with Crippen LogP contribution in [0.25, 0.3) is 32.9 Å². The molecule has 2 atom stereocenters. The highest BCUT2D eigenvalue weighted by Crippen LogP contribution is 2.44. The third kappa shape index (κ3) is 2.99. The summed E-state index contributed by atoms with van der Waals surface area (Å²) in [7, 11) is 3.71. The summed E-state index contributed by atoms with van der Waals surface area (Å²) >= 11 is 0. The lowest BCUT2D eigenvalue weighted by atomic mass is 10.0. The van der Waals surface area contributed by atoms with Crippen LogP contribution < -0.4 is 10.5 Å². The molecule has 0 spiro atoms. The van der Waals surface area contributed by atoms with E-state index in [1.165, 1.54) is 0 Å². The second kappa shape index (κ2) is 7.49. The van der Waals surface area contributed by atoms with Crippen LogP contribution in [0, 0.1) is 0 Å². The third-order valence-electron chi connectivity index (χ3n) is 6.90. The normalized spacial score (nSPS) is 18.9. The van der Waals surface area contributed by atoms with E-state index in [0.29, 0.717) is 35.9 Å². The van der Waals surface area contributed by atoms with Crippen molar-refractivity contribution in [1.29, 1.82) is 0 Å². The van der Waals surface area contributed by atoms with Gasteiger partial charge in [0.25, 0.3) is 5.91 Å². The van der Waals surface area contributed by atoms with Crippen LogP contribution in [-0.4, -0.2) is 59.8 Å². The molecule has 6 heterocycles. The molecule has 36 heavy (non-hydrogen) atoms. The maximum atomic E-state index is 13.8. The molecule has 7 rings (SSSR count). The highest BCUT2D eigenvalue weighted by atomic mass is 16.7. The molecule has 1 saturated heterocycles. The molecule has 11 heteroatoms. The lowest BCUT2D eigenvalue weighted by Gasteiger charge is -2.36. The molecule has 4 aromatic heterocycles. The van der Waals surface area contributed by atoms with E-state index in [4.69, 9.17) is 15.2 Å². The number of nitrogens with two attached hydrogens (primary N) is 1. The van der Waals surface area contributed by atoms with Gasteiger partial charge in [0.15, 0.2) is 0 Å². The largest absolute Gasteiger partial charge is 0.462 e. The maximum Gasteiger partial charge on any atom is 0.273 e. The summed E-state index contributed by atoms with van der Waals surface area (Å²) < 4.78 is 15.5. The van der Waals surface area contributed by atoms with Gasteiger partial charge in [-0.2, -0.15) is 10.2 Å². The summed E-state index contributed by atoms with van der Waals surface area (Å²) in [5.41, 5.74) is 10.7. The zero-order chi connectivity index (χ0) is 24.6. The fourth-order valence-electron chi connectivity index (χ4n) is 5.17. The summed E-state index contributed by atoms with van der Waals surface area (Å²) in [6, 6.07) is 7.38. The second-order valence-electron chi connectivity index (χ2n) is 9.07. The molecule has 180 valence electrons. The van der Waals surface area contributed by atoms with Crippen molar-refractivity contribution in [3.05, 3.63) is 60.3 Å². The molecule has 0 saturated carbocycles. The molecular formula is C25H22N8O3. The number of hydrogen-bond donors (Lipinski definition) is 1. The number of pyridine rings is 2. The quantitative estimate of drug-likeness (QED) is 0.407. The first-order valence-electron chi connectivity index (χ1n) is 11.6. The van der Waals surface area contributed by atoms with Gasteiger partial charge in [-0.25, -0.2) is 9.97 Å². The van der Waals surface area contributed by atoms with Crippen molar-refractivity contribution in [1.82, 2.24) is 34.4 Å². The van der Waals surface area contributed by atoms with E-state index >= 15 is 0 Å². The van der Waals surface area contributed by atoms with Gasteiger partial charge in [0, 0.05) is 43.4 Å². The number of hydrogen-bond acceptors (Lipinski definition) is 8. The van der Waals surface area contributed by atoms with E-state index in [9.17, 15) is 4.79 Å². The molecule has 1 aromatic carbocycles. The van der Waals surface area contributed by atoms with Crippen LogP contribution in [0.4, 0.5) is 5.82 Å². The number of amides is 1. The van der Waals surface area contributed by atoms with Gasteiger partial charge >= 0.3 is 0 Å². The first kappa shape index (κ1) is 20.8. The highest BCUT2D eigenvalue weighted by Gasteiger charge is 2.44. The molecule has 1 amide bonds. The van der Waals surface area contributed by atoms with Crippen LogP contribution in [0.2, 0.25) is 0 Å². The predicted molar refractivity (Wildman–Crippen MR) is 131 cm³/mol. The number of carbonyl (C=O) groups excluding carboxylic acids is 1. The van der Waals surface area contributed by atoms with Gasteiger partial charge in [0.2, 0.25) is 6.29 Å². The molecule has 2 aliphatic rings. The maximum absolute atomic E-state index is 13.8. The van der Waals surface area contributed by atoms with Crippen molar-refractivity contribution in [2.75, 3.05) is 18.9 Å². The molecule has 2 N–H and O–H groups in total. The molecule has 11 nitrogen and oxygen atoms in total. The number of carbonyl (C=O) groups is 1. The summed E-state index contributed by atoms with van der Waals surface area (Å²) in [5.74, 6) is 0.886. The number of aromatic nitrogens is 6. The van der Waals surface area contributed by atoms with Crippen molar-refractivity contribution < 1.29 is 14.3 Å². The number of anilines is 1. The summed E-state index contributed by atoms with van der Waals surface area (Å²) in [6.45, 7) is 0.794. The van der Waals surface area contributed by atoms with Crippen LogP contribution in [-0.2, 0) is 18.8 Å². The van der Waals surface area contributed by atoms with Gasteiger partial charge < -0.3 is 20.1 Å². The van der Waals surface area contributed by atoms with Gasteiger partial charge in [-0.05, 0) is 17.7 Å². The van der Waals surface area contributed by atoms with Gasteiger partial charge in [-0.15, -0.1) is 0 Å². The van der Waals surface area contributed by atoms with E-state index in [2.05, 4.69) is 20.2 Å². The number of nitrogen functional groups attached to an aromatic ring is 1. The van der Waals surface area contributed by atoms with Crippen molar-refractivity contribution in [2.45, 2.75) is 12.3 Å². The van der Waals surface area contributed by atoms with E-state index in [1.807, 2.05) is 44.7 Å². The molecule has 0 radical (unpaired) electrons. The Balaban J connectivity index is 1.27. The van der Waals surface area contributed by atoms with Gasteiger partial charge in [0.1, 0.15) is 23.3 Å². The zero-order valence-electron chi connectivity index (χ0n) is 19.6. The van der Waals surface area contributed by atoms with E-state index in [-0.39, 0.29) is 11.9 Å². The van der Waals surface area contributed by atoms with E-state index in [0.717, 1.165) is 33.0 Å². The number of ether oxygens (including phenoxy) is 2. The SMILES string of the molecule is Cn1cc(-c2ccc3c(c2)O[C@H]2OCCN(C(=O)c4cc5c(cn4)nc(N)c4cnn(C)c45)[C@@H]32)cn1. The third-order valence-corrected chi connectivity index (χ3v) is 6.90. The Morgan fingerprint density at radius 3 is 2.81 bits per heavy atom. The number of nitrogens with zero attached hydrogens (tertiary/aromatic N) is 7. The molecule has 5 aromatic rings. The van der Waals surface area contributed by atoms with Crippen molar-refractivity contribution in [2.24, 2.45) is 14.1 Å². The lowest BCUT2D eigenvalue weighted by molar-refractivity contribution is -0.140. The number of benzene rings is 1. The number of fused-ring (bicyclic) bond motifs is 6. The summed E-state index contributed by atoms with van der Waals surface area (Å²) in [5, 5.41) is 10.1. The number of morpholine rings is 1. The predicted octanol–water partition coefficient (Wildman–Crippen LogP) is 2.43. The first-order valence-corrected chi connectivity index (χ1v) is 11.6. The number of rotatable bonds is 2. The first-order chi connectivity index (χ1) is 17.5. The molecule has 1 fully saturated rings. The topological polar surface area (TPSA) is 126 Å². The summed E-state index contributed by atoms with van der Waals surface area (Å²) in [6.07, 6.45) is 6.44. The van der Waals surface area contributed by atoms with Crippen LogP contribution in [0.3, 0.4) is 0 Å². The highest BCUT2D eigenvalue weighted by molar-refractivity contribution is 6.09. The monoisotopic (exact) mass is 482 g/mol. The standard InChI is InChI=1S/C25H22N8O3/c1-31-12-14(9-28-31)13-3-4-15-20(7-13)36-25-22(15)33(5-6-35-25)24(34)18-8-16-19(11-27-18)30-23(26)17-10-29-32(2)21(16)17/h3-4,7-12,22,25H,5-6H2,1-2H3,(H2,26,30)/t22-,25+/m0/s1. The molecular weight excluding hydrogens is 460 g/mol. The Labute approximate surface area is 205 Å². The van der Waals surface area contributed by atoms with Crippen LogP contribution in [0.15, 0.2) is 49.1 Å². The molecule has 0 bridgehead atoms. The average molecular weight is 483 g/mol. The Morgan fingerprint density at radius 2 is 1.97 bits per heavy atom. The average Bonchev–Trinajstić information content (AvgIpc) is 3.59. The van der Waals surface area contributed by atoms with Crippen LogP contribution in [0.5, 0.6) is 5.75 Å².